The predicted octanol–water partition coefficient (Wildman–Crippen LogP) is 2.13. The summed E-state index contributed by atoms with van der Waals surface area (Å²) in [4.78, 5) is 25.2. The van der Waals surface area contributed by atoms with Gasteiger partial charge in [0, 0.05) is 36.8 Å². The lowest BCUT2D eigenvalue weighted by molar-refractivity contribution is -0.130. The first-order chi connectivity index (χ1) is 10.1. The number of carbonyl (C=O) groups excluding carboxylic acids is 2. The lowest BCUT2D eigenvalue weighted by atomic mass is 10.3. The van der Waals surface area contributed by atoms with Crippen LogP contribution >= 0.6 is 11.6 Å². The van der Waals surface area contributed by atoms with Crippen LogP contribution in [0.2, 0.25) is 5.02 Å². The average Bonchev–Trinajstić information content (AvgIpc) is 2.45. The van der Waals surface area contributed by atoms with Gasteiger partial charge >= 0.3 is 0 Å². The Morgan fingerprint density at radius 1 is 1.24 bits per heavy atom. The van der Waals surface area contributed by atoms with E-state index in [2.05, 4.69) is 10.6 Å². The molecule has 5 nitrogen and oxygen atoms in total. The van der Waals surface area contributed by atoms with Gasteiger partial charge in [0.25, 0.3) is 0 Å². The summed E-state index contributed by atoms with van der Waals surface area (Å²) in [7, 11) is 0. The maximum absolute atomic E-state index is 11.7. The standard InChI is InChI=1S/C15H22ClN3O2/c1-3-19(4-2)15(21)8-9-17-11-14(20)18-13-7-5-6-12(16)10-13/h5-7,10,17H,3-4,8-9,11H2,1-2H3,(H,18,20). The van der Waals surface area contributed by atoms with Crippen molar-refractivity contribution in [2.45, 2.75) is 20.3 Å². The van der Waals surface area contributed by atoms with Gasteiger partial charge in [0.2, 0.25) is 11.8 Å². The third kappa shape index (κ3) is 6.60. The van der Waals surface area contributed by atoms with E-state index in [1.165, 1.54) is 0 Å². The minimum absolute atomic E-state index is 0.0998. The summed E-state index contributed by atoms with van der Waals surface area (Å²) >= 11 is 5.84. The average molecular weight is 312 g/mol. The van der Waals surface area contributed by atoms with Crippen molar-refractivity contribution in [2.75, 3.05) is 31.5 Å². The number of benzene rings is 1. The van der Waals surface area contributed by atoms with Gasteiger partial charge in [0.05, 0.1) is 6.54 Å². The largest absolute Gasteiger partial charge is 0.343 e. The second-order valence-corrected chi connectivity index (χ2v) is 4.99. The first kappa shape index (κ1) is 17.5. The van der Waals surface area contributed by atoms with E-state index in [1.807, 2.05) is 13.8 Å². The van der Waals surface area contributed by atoms with Crippen LogP contribution in [0, 0.1) is 0 Å². The van der Waals surface area contributed by atoms with Gasteiger partial charge in [-0.3, -0.25) is 9.59 Å². The van der Waals surface area contributed by atoms with Crippen LogP contribution in [-0.4, -0.2) is 42.9 Å². The second-order valence-electron chi connectivity index (χ2n) is 4.55. The summed E-state index contributed by atoms with van der Waals surface area (Å²) in [6, 6.07) is 6.97. The fraction of sp³-hybridized carbons (Fsp3) is 0.467. The molecule has 0 saturated heterocycles. The van der Waals surface area contributed by atoms with Gasteiger partial charge in [-0.1, -0.05) is 17.7 Å². The molecule has 0 aromatic heterocycles. The first-order valence-corrected chi connectivity index (χ1v) is 7.48. The Kier molecular flexibility index (Phi) is 7.79. The van der Waals surface area contributed by atoms with E-state index in [-0.39, 0.29) is 18.4 Å². The van der Waals surface area contributed by atoms with Crippen LogP contribution in [-0.2, 0) is 9.59 Å². The Hall–Kier alpha value is -1.59. The fourth-order valence-electron chi connectivity index (χ4n) is 1.90. The number of hydrogen-bond acceptors (Lipinski definition) is 3. The first-order valence-electron chi connectivity index (χ1n) is 7.10. The third-order valence-corrected chi connectivity index (χ3v) is 3.26. The van der Waals surface area contributed by atoms with Gasteiger partial charge in [-0.2, -0.15) is 0 Å². The van der Waals surface area contributed by atoms with E-state index in [0.29, 0.717) is 36.8 Å². The van der Waals surface area contributed by atoms with Gasteiger partial charge in [0.15, 0.2) is 0 Å². The van der Waals surface area contributed by atoms with Crippen LogP contribution < -0.4 is 10.6 Å². The molecule has 116 valence electrons. The van der Waals surface area contributed by atoms with Gasteiger partial charge in [-0.25, -0.2) is 0 Å². The molecule has 0 unspecified atom stereocenters. The molecule has 0 saturated carbocycles. The van der Waals surface area contributed by atoms with E-state index in [0.717, 1.165) is 0 Å². The number of halogens is 1. The van der Waals surface area contributed by atoms with Crippen molar-refractivity contribution in [1.82, 2.24) is 10.2 Å². The van der Waals surface area contributed by atoms with Crippen molar-refractivity contribution in [2.24, 2.45) is 0 Å². The molecular weight excluding hydrogens is 290 g/mol. The number of amides is 2. The third-order valence-electron chi connectivity index (χ3n) is 3.03. The highest BCUT2D eigenvalue weighted by Gasteiger charge is 2.09. The molecule has 6 heteroatoms. The second kappa shape index (κ2) is 9.37. The fourth-order valence-corrected chi connectivity index (χ4v) is 2.09. The summed E-state index contributed by atoms with van der Waals surface area (Å²) < 4.78 is 0. The Balaban J connectivity index is 2.23. The molecule has 0 aliphatic carbocycles. The summed E-state index contributed by atoms with van der Waals surface area (Å²) in [5.41, 5.74) is 0.661. The molecule has 2 N–H and O–H groups in total. The van der Waals surface area contributed by atoms with Crippen molar-refractivity contribution >= 4 is 29.1 Å². The maximum atomic E-state index is 11.7. The molecule has 0 spiro atoms. The zero-order valence-electron chi connectivity index (χ0n) is 12.5. The van der Waals surface area contributed by atoms with Crippen LogP contribution in [0.5, 0.6) is 0 Å². The van der Waals surface area contributed by atoms with Crippen molar-refractivity contribution in [3.8, 4) is 0 Å². The number of rotatable bonds is 8. The molecule has 0 heterocycles. The Morgan fingerprint density at radius 3 is 2.57 bits per heavy atom. The normalized spacial score (nSPS) is 10.2. The molecule has 0 fully saturated rings. The van der Waals surface area contributed by atoms with Crippen molar-refractivity contribution in [3.05, 3.63) is 29.3 Å². The van der Waals surface area contributed by atoms with Crippen LogP contribution in [0.15, 0.2) is 24.3 Å². The predicted molar refractivity (Wildman–Crippen MR) is 85.5 cm³/mol. The molecule has 0 aliphatic rings. The molecule has 0 radical (unpaired) electrons. The van der Waals surface area contributed by atoms with Crippen LogP contribution in [0.3, 0.4) is 0 Å². The van der Waals surface area contributed by atoms with Crippen molar-refractivity contribution < 1.29 is 9.59 Å². The van der Waals surface area contributed by atoms with Crippen LogP contribution in [0.25, 0.3) is 0 Å². The van der Waals surface area contributed by atoms with E-state index >= 15 is 0 Å². The minimum Gasteiger partial charge on any atom is -0.343 e. The van der Waals surface area contributed by atoms with E-state index in [1.54, 1.807) is 29.2 Å². The number of hydrogen-bond donors (Lipinski definition) is 2. The minimum atomic E-state index is -0.160. The molecule has 1 aromatic rings. The van der Waals surface area contributed by atoms with Crippen LogP contribution in [0.4, 0.5) is 5.69 Å². The highest BCUT2D eigenvalue weighted by Crippen LogP contribution is 2.14. The smallest absolute Gasteiger partial charge is 0.238 e. The molecule has 2 amide bonds. The Labute approximate surface area is 130 Å². The monoisotopic (exact) mass is 311 g/mol. The zero-order chi connectivity index (χ0) is 15.7. The SMILES string of the molecule is CCN(CC)C(=O)CCNCC(=O)Nc1cccc(Cl)c1. The molecule has 1 aromatic carbocycles. The van der Waals surface area contributed by atoms with Crippen LogP contribution in [0.1, 0.15) is 20.3 Å². The number of anilines is 1. The lowest BCUT2D eigenvalue weighted by Gasteiger charge is -2.18. The highest BCUT2D eigenvalue weighted by molar-refractivity contribution is 6.30. The van der Waals surface area contributed by atoms with Crippen molar-refractivity contribution in [3.63, 3.8) is 0 Å². The highest BCUT2D eigenvalue weighted by atomic mass is 35.5. The number of carbonyl (C=O) groups is 2. The van der Waals surface area contributed by atoms with Gasteiger partial charge in [-0.05, 0) is 32.0 Å². The molecule has 1 rings (SSSR count). The Bertz CT molecular complexity index is 476. The summed E-state index contributed by atoms with van der Waals surface area (Å²) in [6.45, 7) is 5.98. The molecule has 0 bridgehead atoms. The summed E-state index contributed by atoms with van der Waals surface area (Å²) in [6.07, 6.45) is 0.395. The zero-order valence-corrected chi connectivity index (χ0v) is 13.2. The van der Waals surface area contributed by atoms with E-state index < -0.39 is 0 Å². The maximum Gasteiger partial charge on any atom is 0.238 e. The van der Waals surface area contributed by atoms with Gasteiger partial charge in [-0.15, -0.1) is 0 Å². The summed E-state index contributed by atoms with van der Waals surface area (Å²) in [5, 5.41) is 6.27. The molecule has 21 heavy (non-hydrogen) atoms. The Morgan fingerprint density at radius 2 is 1.95 bits per heavy atom. The van der Waals surface area contributed by atoms with Gasteiger partial charge in [0.1, 0.15) is 0 Å². The molecule has 0 aliphatic heterocycles. The van der Waals surface area contributed by atoms with Crippen molar-refractivity contribution in [1.29, 1.82) is 0 Å². The number of nitrogens with zero attached hydrogens (tertiary/aromatic N) is 1. The quantitative estimate of drug-likeness (QED) is 0.723. The summed E-state index contributed by atoms with van der Waals surface area (Å²) in [5.74, 6) is -0.0599. The van der Waals surface area contributed by atoms with Gasteiger partial charge < -0.3 is 15.5 Å². The lowest BCUT2D eigenvalue weighted by Crippen LogP contribution is -2.34. The molecule has 0 atom stereocenters. The van der Waals surface area contributed by atoms with E-state index in [9.17, 15) is 9.59 Å². The topological polar surface area (TPSA) is 61.4 Å². The van der Waals surface area contributed by atoms with E-state index in [4.69, 9.17) is 11.6 Å². The molecular formula is C15H22ClN3O2. The number of nitrogens with one attached hydrogen (secondary N) is 2.